The lowest BCUT2D eigenvalue weighted by atomic mass is 10.1. The van der Waals surface area contributed by atoms with Gasteiger partial charge in [0.2, 0.25) is 0 Å². The molecule has 0 unspecified atom stereocenters. The zero-order chi connectivity index (χ0) is 24.3. The van der Waals surface area contributed by atoms with E-state index in [1.807, 2.05) is 49.4 Å². The van der Waals surface area contributed by atoms with E-state index in [1.165, 1.54) is 0 Å². The van der Waals surface area contributed by atoms with Gasteiger partial charge in [0.15, 0.2) is 11.5 Å². The van der Waals surface area contributed by atoms with Crippen molar-refractivity contribution in [3.63, 3.8) is 0 Å². The molecule has 0 atom stereocenters. The van der Waals surface area contributed by atoms with Crippen molar-refractivity contribution in [2.24, 2.45) is 0 Å². The van der Waals surface area contributed by atoms with Gasteiger partial charge in [0.1, 0.15) is 30.5 Å². The minimum Gasteiger partial charge on any atom is -0.497 e. The van der Waals surface area contributed by atoms with Crippen LogP contribution in [0.3, 0.4) is 0 Å². The topological polar surface area (TPSA) is 66.5 Å². The first-order chi connectivity index (χ1) is 16.5. The third-order valence-electron chi connectivity index (χ3n) is 5.09. The Labute approximate surface area is 200 Å². The maximum atomic E-state index is 13.1. The number of carbonyl (C=O) groups excluding carboxylic acids is 1. The van der Waals surface area contributed by atoms with Crippen LogP contribution in [0.15, 0.2) is 66.7 Å². The fourth-order valence-corrected chi connectivity index (χ4v) is 3.39. The molecular formula is C27H31NO6. The zero-order valence-electron chi connectivity index (χ0n) is 20.1. The van der Waals surface area contributed by atoms with Gasteiger partial charge in [-0.05, 0) is 49.4 Å². The van der Waals surface area contributed by atoms with Crippen molar-refractivity contribution in [1.29, 1.82) is 0 Å². The predicted molar refractivity (Wildman–Crippen MR) is 130 cm³/mol. The van der Waals surface area contributed by atoms with E-state index in [0.717, 1.165) is 11.3 Å². The zero-order valence-corrected chi connectivity index (χ0v) is 20.1. The van der Waals surface area contributed by atoms with Gasteiger partial charge in [0, 0.05) is 30.8 Å². The molecule has 3 aromatic rings. The Bertz CT molecular complexity index is 1070. The average Bonchev–Trinajstić information content (AvgIpc) is 2.87. The Hall–Kier alpha value is -3.87. The number of para-hydroxylation sites is 1. The van der Waals surface area contributed by atoms with E-state index in [-0.39, 0.29) is 5.91 Å². The number of nitrogens with zero attached hydrogens (tertiary/aromatic N) is 1. The molecule has 0 aliphatic rings. The first kappa shape index (κ1) is 24.8. The van der Waals surface area contributed by atoms with Gasteiger partial charge in [-0.1, -0.05) is 18.2 Å². The lowest BCUT2D eigenvalue weighted by Crippen LogP contribution is -2.26. The highest BCUT2D eigenvalue weighted by atomic mass is 16.5. The summed E-state index contributed by atoms with van der Waals surface area (Å²) in [6.45, 7) is 3.46. The summed E-state index contributed by atoms with van der Waals surface area (Å²) < 4.78 is 27.9. The summed E-state index contributed by atoms with van der Waals surface area (Å²) in [6.07, 6.45) is 0. The predicted octanol–water partition coefficient (Wildman–Crippen LogP) is 4.83. The number of amides is 1. The second-order valence-electron chi connectivity index (χ2n) is 7.44. The Morgan fingerprint density at radius 3 is 2.24 bits per heavy atom. The highest BCUT2D eigenvalue weighted by Gasteiger charge is 2.17. The van der Waals surface area contributed by atoms with E-state index < -0.39 is 0 Å². The molecule has 0 aromatic heterocycles. The van der Waals surface area contributed by atoms with E-state index >= 15 is 0 Å². The van der Waals surface area contributed by atoms with Gasteiger partial charge in [-0.2, -0.15) is 0 Å². The van der Waals surface area contributed by atoms with Gasteiger partial charge in [0.05, 0.1) is 20.8 Å². The molecule has 0 radical (unpaired) electrons. The summed E-state index contributed by atoms with van der Waals surface area (Å²) >= 11 is 0. The van der Waals surface area contributed by atoms with Crippen molar-refractivity contribution in [2.75, 3.05) is 41.1 Å². The van der Waals surface area contributed by atoms with Crippen molar-refractivity contribution >= 4 is 5.91 Å². The molecule has 7 nitrogen and oxygen atoms in total. The summed E-state index contributed by atoms with van der Waals surface area (Å²) in [5, 5.41) is 0. The molecule has 0 heterocycles. The van der Waals surface area contributed by atoms with Crippen LogP contribution < -0.4 is 23.7 Å². The van der Waals surface area contributed by atoms with Crippen LogP contribution in [-0.4, -0.2) is 51.9 Å². The van der Waals surface area contributed by atoms with Crippen LogP contribution in [-0.2, 0) is 6.54 Å². The summed E-state index contributed by atoms with van der Waals surface area (Å²) in [6, 6.07) is 20.3. The number of hydrogen-bond donors (Lipinski definition) is 0. The van der Waals surface area contributed by atoms with Crippen LogP contribution >= 0.6 is 0 Å². The van der Waals surface area contributed by atoms with Gasteiger partial charge < -0.3 is 28.6 Å². The minimum atomic E-state index is -0.141. The molecule has 0 fully saturated rings. The monoisotopic (exact) mass is 465 g/mol. The van der Waals surface area contributed by atoms with Gasteiger partial charge in [0.25, 0.3) is 5.91 Å². The molecule has 34 heavy (non-hydrogen) atoms. The third kappa shape index (κ3) is 6.57. The third-order valence-corrected chi connectivity index (χ3v) is 5.09. The van der Waals surface area contributed by atoms with Gasteiger partial charge in [-0.15, -0.1) is 0 Å². The number of benzene rings is 3. The van der Waals surface area contributed by atoms with Gasteiger partial charge in [-0.25, -0.2) is 0 Å². The van der Waals surface area contributed by atoms with Gasteiger partial charge in [-0.3, -0.25) is 4.79 Å². The standard InChI is InChI=1S/C27H31NO6/c1-5-32-26-17-20(12-14-24(26)34-16-15-33-22-9-7-6-8-10-22)27(29)28(2)19-21-11-13-23(30-3)18-25(21)31-4/h6-14,17-18H,5,15-16,19H2,1-4H3. The van der Waals surface area contributed by atoms with E-state index in [0.29, 0.717) is 54.9 Å². The first-order valence-electron chi connectivity index (χ1n) is 11.1. The van der Waals surface area contributed by atoms with Crippen LogP contribution in [0.25, 0.3) is 0 Å². The van der Waals surface area contributed by atoms with Gasteiger partial charge >= 0.3 is 0 Å². The molecule has 0 aliphatic heterocycles. The lowest BCUT2D eigenvalue weighted by Gasteiger charge is -2.20. The number of ether oxygens (including phenoxy) is 5. The Balaban J connectivity index is 1.65. The summed E-state index contributed by atoms with van der Waals surface area (Å²) in [7, 11) is 4.94. The molecular weight excluding hydrogens is 434 g/mol. The highest BCUT2D eigenvalue weighted by molar-refractivity contribution is 5.94. The van der Waals surface area contributed by atoms with E-state index in [1.54, 1.807) is 50.4 Å². The van der Waals surface area contributed by atoms with E-state index in [4.69, 9.17) is 23.7 Å². The summed E-state index contributed by atoms with van der Waals surface area (Å²) in [5.41, 5.74) is 1.38. The maximum Gasteiger partial charge on any atom is 0.254 e. The Kier molecular flexibility index (Phi) is 9.03. The largest absolute Gasteiger partial charge is 0.497 e. The SMILES string of the molecule is CCOc1cc(C(=O)N(C)Cc2ccc(OC)cc2OC)ccc1OCCOc1ccccc1. The van der Waals surface area contributed by atoms with Crippen molar-refractivity contribution in [2.45, 2.75) is 13.5 Å². The molecule has 180 valence electrons. The average molecular weight is 466 g/mol. The van der Waals surface area contributed by atoms with Crippen LogP contribution in [0, 0.1) is 0 Å². The molecule has 3 rings (SSSR count). The summed E-state index contributed by atoms with van der Waals surface area (Å²) in [5.74, 6) is 3.08. The first-order valence-corrected chi connectivity index (χ1v) is 11.1. The normalized spacial score (nSPS) is 10.4. The number of rotatable bonds is 12. The molecule has 0 bridgehead atoms. The highest BCUT2D eigenvalue weighted by Crippen LogP contribution is 2.30. The Morgan fingerprint density at radius 1 is 0.765 bits per heavy atom. The molecule has 0 saturated heterocycles. The smallest absolute Gasteiger partial charge is 0.254 e. The molecule has 0 saturated carbocycles. The molecule has 3 aromatic carbocycles. The molecule has 0 N–H and O–H groups in total. The van der Waals surface area contributed by atoms with E-state index in [2.05, 4.69) is 0 Å². The van der Waals surface area contributed by atoms with Crippen LogP contribution in [0.5, 0.6) is 28.7 Å². The molecule has 0 aliphatic carbocycles. The van der Waals surface area contributed by atoms with Crippen LogP contribution in [0.1, 0.15) is 22.8 Å². The number of methoxy groups -OCH3 is 2. The fraction of sp³-hybridized carbons (Fsp3) is 0.296. The molecule has 1 amide bonds. The quantitative estimate of drug-likeness (QED) is 0.357. The number of hydrogen-bond acceptors (Lipinski definition) is 6. The van der Waals surface area contributed by atoms with E-state index in [9.17, 15) is 4.79 Å². The number of carbonyl (C=O) groups is 1. The maximum absolute atomic E-state index is 13.1. The fourth-order valence-electron chi connectivity index (χ4n) is 3.39. The van der Waals surface area contributed by atoms with Crippen molar-refractivity contribution < 1.29 is 28.5 Å². The summed E-state index contributed by atoms with van der Waals surface area (Å²) in [4.78, 5) is 14.7. The second kappa shape index (κ2) is 12.4. The van der Waals surface area contributed by atoms with Crippen molar-refractivity contribution in [3.8, 4) is 28.7 Å². The lowest BCUT2D eigenvalue weighted by molar-refractivity contribution is 0.0783. The molecule has 7 heteroatoms. The minimum absolute atomic E-state index is 0.141. The van der Waals surface area contributed by atoms with Crippen LogP contribution in [0.2, 0.25) is 0 Å². The molecule has 0 spiro atoms. The van der Waals surface area contributed by atoms with Crippen molar-refractivity contribution in [3.05, 3.63) is 77.9 Å². The Morgan fingerprint density at radius 2 is 1.53 bits per heavy atom. The second-order valence-corrected chi connectivity index (χ2v) is 7.44. The van der Waals surface area contributed by atoms with Crippen molar-refractivity contribution in [1.82, 2.24) is 4.90 Å². The van der Waals surface area contributed by atoms with Crippen LogP contribution in [0.4, 0.5) is 0 Å².